The van der Waals surface area contributed by atoms with Crippen molar-refractivity contribution in [3.8, 4) is 45.1 Å². The molecule has 0 bridgehead atoms. The van der Waals surface area contributed by atoms with Crippen LogP contribution in [0.5, 0.6) is 0 Å². The van der Waals surface area contributed by atoms with Gasteiger partial charge in [0.15, 0.2) is 0 Å². The summed E-state index contributed by atoms with van der Waals surface area (Å²) in [6.07, 6.45) is 0. The Hall–Kier alpha value is -7.04. The smallest absolute Gasteiger partial charge is 0.235 e. The molecule has 4 nitrogen and oxygen atoms in total. The number of aromatic nitrogens is 4. The van der Waals surface area contributed by atoms with Gasteiger partial charge in [-0.3, -0.25) is 4.57 Å². The molecular formula is C48H28N4. The maximum atomic E-state index is 5.46. The van der Waals surface area contributed by atoms with Crippen LogP contribution in [0.3, 0.4) is 0 Å². The van der Waals surface area contributed by atoms with Crippen molar-refractivity contribution in [3.63, 3.8) is 0 Å². The minimum atomic E-state index is 0.663. The Morgan fingerprint density at radius 3 is 1.94 bits per heavy atom. The first kappa shape index (κ1) is 27.7. The van der Waals surface area contributed by atoms with Crippen LogP contribution in [0.25, 0.3) is 110 Å². The quantitative estimate of drug-likeness (QED) is 0.189. The van der Waals surface area contributed by atoms with E-state index in [1.165, 1.54) is 60.1 Å². The van der Waals surface area contributed by atoms with E-state index in [1.807, 2.05) is 0 Å². The molecule has 0 saturated heterocycles. The molecule has 0 amide bonds. The zero-order chi connectivity index (χ0) is 33.9. The first-order valence-electron chi connectivity index (χ1n) is 17.8. The summed E-state index contributed by atoms with van der Waals surface area (Å²) in [7, 11) is 0. The molecule has 0 atom stereocenters. The Morgan fingerprint density at radius 1 is 0.385 bits per heavy atom. The Morgan fingerprint density at radius 2 is 1.08 bits per heavy atom. The van der Waals surface area contributed by atoms with Crippen LogP contribution in [0.2, 0.25) is 0 Å². The van der Waals surface area contributed by atoms with Crippen LogP contribution in [0.15, 0.2) is 170 Å². The molecule has 240 valence electrons. The summed E-state index contributed by atoms with van der Waals surface area (Å²) in [5.41, 5.74) is 13.6. The number of para-hydroxylation sites is 3. The van der Waals surface area contributed by atoms with Gasteiger partial charge in [0.2, 0.25) is 5.95 Å². The summed E-state index contributed by atoms with van der Waals surface area (Å²) >= 11 is 0. The van der Waals surface area contributed by atoms with Gasteiger partial charge >= 0.3 is 0 Å². The van der Waals surface area contributed by atoms with Crippen molar-refractivity contribution in [3.05, 3.63) is 170 Å². The average molecular weight is 661 g/mol. The van der Waals surface area contributed by atoms with E-state index in [0.717, 1.165) is 44.4 Å². The van der Waals surface area contributed by atoms with Gasteiger partial charge in [0.05, 0.1) is 33.3 Å². The molecule has 4 heteroatoms. The Balaban J connectivity index is 1.36. The lowest BCUT2D eigenvalue weighted by Crippen LogP contribution is -2.04. The third kappa shape index (κ3) is 3.60. The van der Waals surface area contributed by atoms with Gasteiger partial charge in [0, 0.05) is 43.7 Å². The molecule has 0 N–H and O–H groups in total. The zero-order valence-electron chi connectivity index (χ0n) is 28.0. The van der Waals surface area contributed by atoms with Crippen LogP contribution >= 0.6 is 0 Å². The van der Waals surface area contributed by atoms with Crippen molar-refractivity contribution >= 4 is 65.3 Å². The lowest BCUT2D eigenvalue weighted by molar-refractivity contribution is 1.01. The highest BCUT2D eigenvalue weighted by molar-refractivity contribution is 6.36. The summed E-state index contributed by atoms with van der Waals surface area (Å²) in [6.45, 7) is 0. The third-order valence-corrected chi connectivity index (χ3v) is 11.0. The van der Waals surface area contributed by atoms with Gasteiger partial charge in [-0.1, -0.05) is 133 Å². The molecule has 1 aliphatic carbocycles. The van der Waals surface area contributed by atoms with Gasteiger partial charge in [-0.2, -0.15) is 0 Å². The lowest BCUT2D eigenvalue weighted by atomic mass is 9.91. The number of nitrogens with zero attached hydrogens (tertiary/aromatic N) is 4. The number of hydrogen-bond acceptors (Lipinski definition) is 2. The zero-order valence-corrected chi connectivity index (χ0v) is 28.0. The summed E-state index contributed by atoms with van der Waals surface area (Å²) in [6, 6.07) is 61.1. The predicted octanol–water partition coefficient (Wildman–Crippen LogP) is 12.3. The van der Waals surface area contributed by atoms with Gasteiger partial charge in [-0.05, 0) is 63.9 Å². The molecule has 3 heterocycles. The summed E-state index contributed by atoms with van der Waals surface area (Å²) < 4.78 is 4.75. The average Bonchev–Trinajstić information content (AvgIpc) is 3.68. The molecule has 8 aromatic carbocycles. The molecule has 52 heavy (non-hydrogen) atoms. The minimum absolute atomic E-state index is 0.663. The largest absolute Gasteiger partial charge is 0.309 e. The summed E-state index contributed by atoms with van der Waals surface area (Å²) in [5.74, 6) is 0.663. The number of benzene rings is 8. The lowest BCUT2D eigenvalue weighted by Gasteiger charge is -2.16. The third-order valence-electron chi connectivity index (χ3n) is 11.0. The highest BCUT2D eigenvalue weighted by Crippen LogP contribution is 2.53. The van der Waals surface area contributed by atoms with Crippen LogP contribution in [0.4, 0.5) is 0 Å². The fourth-order valence-corrected chi connectivity index (χ4v) is 8.96. The van der Waals surface area contributed by atoms with Crippen LogP contribution < -0.4 is 0 Å². The van der Waals surface area contributed by atoms with Crippen molar-refractivity contribution in [1.82, 2.24) is 19.1 Å². The normalized spacial score (nSPS) is 12.2. The Labute approximate surface area is 298 Å². The molecule has 0 fully saturated rings. The van der Waals surface area contributed by atoms with Gasteiger partial charge in [-0.15, -0.1) is 0 Å². The minimum Gasteiger partial charge on any atom is -0.309 e. The number of fused-ring (bicyclic) bond motifs is 8. The molecule has 0 spiro atoms. The predicted molar refractivity (Wildman–Crippen MR) is 216 cm³/mol. The van der Waals surface area contributed by atoms with Crippen LogP contribution in [0, 0.1) is 0 Å². The van der Waals surface area contributed by atoms with E-state index in [-0.39, 0.29) is 0 Å². The fraction of sp³-hybridized carbons (Fsp3) is 0. The maximum Gasteiger partial charge on any atom is 0.235 e. The Bertz CT molecular complexity index is 3280. The van der Waals surface area contributed by atoms with Gasteiger partial charge in [-0.25, -0.2) is 9.97 Å². The summed E-state index contributed by atoms with van der Waals surface area (Å²) in [4.78, 5) is 10.8. The molecule has 1 aliphatic rings. The highest BCUT2D eigenvalue weighted by Gasteiger charge is 2.29. The van der Waals surface area contributed by atoms with E-state index in [1.54, 1.807) is 0 Å². The molecular weight excluding hydrogens is 633 g/mol. The monoisotopic (exact) mass is 660 g/mol. The van der Waals surface area contributed by atoms with Crippen LogP contribution in [-0.2, 0) is 0 Å². The van der Waals surface area contributed by atoms with E-state index >= 15 is 0 Å². The molecule has 0 radical (unpaired) electrons. The second-order valence-electron chi connectivity index (χ2n) is 13.7. The van der Waals surface area contributed by atoms with Crippen molar-refractivity contribution in [2.45, 2.75) is 0 Å². The fourth-order valence-electron chi connectivity index (χ4n) is 8.96. The first-order valence-corrected chi connectivity index (χ1v) is 17.8. The SMILES string of the molecule is c1ccc(-c2nc(-n3c4cc5c(c6c4c4c7c(cccc7ccc43)-c3ccccc3-6)c3ccccc3n5-c3ccccc3)nc3ccccc23)cc1. The van der Waals surface area contributed by atoms with E-state index in [4.69, 9.17) is 9.97 Å². The van der Waals surface area contributed by atoms with Gasteiger partial charge < -0.3 is 4.57 Å². The van der Waals surface area contributed by atoms with Crippen LogP contribution in [0.1, 0.15) is 0 Å². The molecule has 0 aliphatic heterocycles. The van der Waals surface area contributed by atoms with Crippen LogP contribution in [-0.4, -0.2) is 19.1 Å². The highest BCUT2D eigenvalue weighted by atomic mass is 15.2. The van der Waals surface area contributed by atoms with Gasteiger partial charge in [0.25, 0.3) is 0 Å². The molecule has 3 aromatic heterocycles. The molecule has 12 rings (SSSR count). The Kier molecular flexibility index (Phi) is 5.47. The van der Waals surface area contributed by atoms with E-state index in [9.17, 15) is 0 Å². The maximum absolute atomic E-state index is 5.46. The molecule has 11 aromatic rings. The van der Waals surface area contributed by atoms with Gasteiger partial charge in [0.1, 0.15) is 0 Å². The van der Waals surface area contributed by atoms with E-state index < -0.39 is 0 Å². The molecule has 0 unspecified atom stereocenters. The van der Waals surface area contributed by atoms with Crippen molar-refractivity contribution in [2.75, 3.05) is 0 Å². The topological polar surface area (TPSA) is 35.6 Å². The van der Waals surface area contributed by atoms with E-state index in [0.29, 0.717) is 5.95 Å². The second kappa shape index (κ2) is 10.3. The molecule has 0 saturated carbocycles. The standard InChI is InChI=1S/C48H28N4/c1-3-14-30(15-4-1)47-35-21-9-11-24-37(35)49-48(50-47)52-39-27-26-29-16-13-23-33-32-19-7-8-20-34(32)44-43-36-22-10-12-25-38(36)51(31-17-5-2-6-18-31)40(43)28-41(52)46(44)45(39)42(29)33/h1-28H. The van der Waals surface area contributed by atoms with Crippen molar-refractivity contribution in [2.24, 2.45) is 0 Å². The second-order valence-corrected chi connectivity index (χ2v) is 13.7. The summed E-state index contributed by atoms with van der Waals surface area (Å²) in [5, 5.41) is 8.50. The first-order chi connectivity index (χ1) is 25.8. The van der Waals surface area contributed by atoms with Crippen molar-refractivity contribution in [1.29, 1.82) is 0 Å². The number of hydrogen-bond donors (Lipinski definition) is 0. The van der Waals surface area contributed by atoms with E-state index in [2.05, 4.69) is 179 Å². The van der Waals surface area contributed by atoms with Crippen molar-refractivity contribution < 1.29 is 0 Å². The number of rotatable bonds is 3.